The topological polar surface area (TPSA) is 73.6 Å². The minimum Gasteiger partial charge on any atom is -0.358 e. The number of benzene rings is 1. The molecule has 0 aliphatic carbocycles. The average Bonchev–Trinajstić information content (AvgIpc) is 3.09. The Hall–Kier alpha value is -2.56. The van der Waals surface area contributed by atoms with Crippen LogP contribution in [0.2, 0.25) is 0 Å². The lowest BCUT2D eigenvalue weighted by Crippen LogP contribution is -2.26. The normalized spacial score (nSPS) is 11.3. The van der Waals surface area contributed by atoms with Crippen LogP contribution in [0.25, 0.3) is 10.9 Å². The molecule has 0 bridgehead atoms. The van der Waals surface area contributed by atoms with Gasteiger partial charge in [0.15, 0.2) is 0 Å². The van der Waals surface area contributed by atoms with Crippen molar-refractivity contribution in [1.29, 1.82) is 0 Å². The van der Waals surface area contributed by atoms with Gasteiger partial charge in [-0.15, -0.1) is 0 Å². The summed E-state index contributed by atoms with van der Waals surface area (Å²) >= 11 is 0. The second-order valence-corrected chi connectivity index (χ2v) is 7.22. The van der Waals surface area contributed by atoms with Gasteiger partial charge in [0.2, 0.25) is 5.91 Å². The maximum Gasteiger partial charge on any atom is 0.224 e. The number of H-pyrrole nitrogens is 2. The Bertz CT molecular complexity index is 929. The first-order chi connectivity index (χ1) is 12.4. The van der Waals surface area contributed by atoms with E-state index in [0.29, 0.717) is 13.0 Å². The van der Waals surface area contributed by atoms with E-state index in [1.165, 1.54) is 22.1 Å². The molecule has 0 saturated heterocycles. The molecule has 2 heterocycles. The van der Waals surface area contributed by atoms with E-state index in [-0.39, 0.29) is 5.91 Å². The molecule has 3 N–H and O–H groups in total. The van der Waals surface area contributed by atoms with Crippen LogP contribution in [0.5, 0.6) is 0 Å². The number of aromatic amines is 2. The zero-order valence-electron chi connectivity index (χ0n) is 16.3. The number of hydrogen-bond acceptors (Lipinski definition) is 2. The van der Waals surface area contributed by atoms with Gasteiger partial charge in [-0.2, -0.15) is 5.10 Å². The molecule has 0 atom stereocenters. The molecule has 3 aromatic rings. The second-order valence-electron chi connectivity index (χ2n) is 7.22. The SMILES string of the molecule is Cc1n[nH]c(C)c1CCCNC(=O)Cc1c(C)[nH]c2c(C)ccc(C)c12. The number of amides is 1. The van der Waals surface area contributed by atoms with Crippen LogP contribution < -0.4 is 5.32 Å². The zero-order chi connectivity index (χ0) is 18.8. The van der Waals surface area contributed by atoms with Crippen LogP contribution in [0.4, 0.5) is 0 Å². The van der Waals surface area contributed by atoms with Gasteiger partial charge >= 0.3 is 0 Å². The molecule has 1 amide bonds. The van der Waals surface area contributed by atoms with Gasteiger partial charge in [0.05, 0.1) is 12.1 Å². The third-order valence-electron chi connectivity index (χ3n) is 5.23. The molecule has 0 saturated carbocycles. The third kappa shape index (κ3) is 3.52. The van der Waals surface area contributed by atoms with Gasteiger partial charge in [0.1, 0.15) is 0 Å². The Balaban J connectivity index is 1.61. The molecule has 0 radical (unpaired) electrons. The fourth-order valence-corrected chi connectivity index (χ4v) is 3.69. The predicted molar refractivity (Wildman–Crippen MR) is 106 cm³/mol. The lowest BCUT2D eigenvalue weighted by molar-refractivity contribution is -0.120. The number of aryl methyl sites for hydroxylation is 5. The first-order valence-electron chi connectivity index (χ1n) is 9.23. The van der Waals surface area contributed by atoms with Gasteiger partial charge in [-0.3, -0.25) is 9.89 Å². The Labute approximate surface area is 154 Å². The molecular weight excluding hydrogens is 324 g/mol. The molecule has 0 unspecified atom stereocenters. The minimum absolute atomic E-state index is 0.0792. The van der Waals surface area contributed by atoms with Crippen molar-refractivity contribution in [2.24, 2.45) is 0 Å². The quantitative estimate of drug-likeness (QED) is 0.592. The maximum absolute atomic E-state index is 12.5. The third-order valence-corrected chi connectivity index (χ3v) is 5.23. The number of aromatic nitrogens is 3. The molecular formula is C21H28N4O. The first kappa shape index (κ1) is 18.2. The number of nitrogens with one attached hydrogen (secondary N) is 3. The van der Waals surface area contributed by atoms with Crippen molar-refractivity contribution in [3.05, 3.63) is 51.5 Å². The number of carbonyl (C=O) groups is 1. The molecule has 1 aromatic carbocycles. The van der Waals surface area contributed by atoms with E-state index in [9.17, 15) is 4.79 Å². The molecule has 3 rings (SSSR count). The minimum atomic E-state index is 0.0792. The highest BCUT2D eigenvalue weighted by molar-refractivity contribution is 5.93. The Morgan fingerprint density at radius 3 is 2.46 bits per heavy atom. The summed E-state index contributed by atoms with van der Waals surface area (Å²) in [6, 6.07) is 4.25. The first-order valence-corrected chi connectivity index (χ1v) is 9.23. The fraction of sp³-hybridized carbons (Fsp3) is 0.429. The van der Waals surface area contributed by atoms with Crippen molar-refractivity contribution in [3.63, 3.8) is 0 Å². The number of rotatable bonds is 6. The summed E-state index contributed by atoms with van der Waals surface area (Å²) in [5.74, 6) is 0.0792. The highest BCUT2D eigenvalue weighted by Gasteiger charge is 2.15. The van der Waals surface area contributed by atoms with Crippen molar-refractivity contribution in [3.8, 4) is 0 Å². The van der Waals surface area contributed by atoms with Gasteiger partial charge < -0.3 is 10.3 Å². The summed E-state index contributed by atoms with van der Waals surface area (Å²) in [6.45, 7) is 11.0. The van der Waals surface area contributed by atoms with E-state index in [1.807, 2.05) is 20.8 Å². The van der Waals surface area contributed by atoms with Crippen LogP contribution in [0.3, 0.4) is 0 Å². The number of carbonyl (C=O) groups excluding carboxylic acids is 1. The number of nitrogens with zero attached hydrogens (tertiary/aromatic N) is 1. The zero-order valence-corrected chi connectivity index (χ0v) is 16.3. The molecule has 2 aromatic heterocycles. The molecule has 0 aliphatic rings. The van der Waals surface area contributed by atoms with Crippen molar-refractivity contribution < 1.29 is 4.79 Å². The van der Waals surface area contributed by atoms with Gasteiger partial charge in [0.25, 0.3) is 0 Å². The lowest BCUT2D eigenvalue weighted by Gasteiger charge is -2.07. The van der Waals surface area contributed by atoms with Gasteiger partial charge in [-0.25, -0.2) is 0 Å². The van der Waals surface area contributed by atoms with Gasteiger partial charge in [0, 0.05) is 28.8 Å². The molecule has 138 valence electrons. The van der Waals surface area contributed by atoms with Crippen LogP contribution in [0.1, 0.15) is 45.8 Å². The average molecular weight is 352 g/mol. The van der Waals surface area contributed by atoms with E-state index in [4.69, 9.17) is 0 Å². The van der Waals surface area contributed by atoms with Crippen LogP contribution in [0.15, 0.2) is 12.1 Å². The van der Waals surface area contributed by atoms with Crippen LogP contribution >= 0.6 is 0 Å². The molecule has 0 aliphatic heterocycles. The predicted octanol–water partition coefficient (Wildman–Crippen LogP) is 3.72. The fourth-order valence-electron chi connectivity index (χ4n) is 3.69. The number of hydrogen-bond donors (Lipinski definition) is 3. The Morgan fingerprint density at radius 1 is 1.04 bits per heavy atom. The Kier molecular flexibility index (Phi) is 5.16. The number of fused-ring (bicyclic) bond motifs is 1. The van der Waals surface area contributed by atoms with E-state index in [1.54, 1.807) is 0 Å². The molecule has 0 fully saturated rings. The highest BCUT2D eigenvalue weighted by atomic mass is 16.1. The lowest BCUT2D eigenvalue weighted by atomic mass is 10.0. The van der Waals surface area contributed by atoms with E-state index < -0.39 is 0 Å². The largest absolute Gasteiger partial charge is 0.358 e. The summed E-state index contributed by atoms with van der Waals surface area (Å²) in [6.07, 6.45) is 2.26. The van der Waals surface area contributed by atoms with E-state index >= 15 is 0 Å². The Morgan fingerprint density at radius 2 is 1.77 bits per heavy atom. The van der Waals surface area contributed by atoms with Crippen molar-refractivity contribution >= 4 is 16.8 Å². The van der Waals surface area contributed by atoms with Crippen LogP contribution in [0, 0.1) is 34.6 Å². The standard InChI is InChI=1S/C21H28N4O/c1-12-8-9-13(2)21-20(12)18(14(3)23-21)11-19(26)22-10-6-7-17-15(4)24-25-16(17)5/h8-9,23H,6-7,10-11H2,1-5H3,(H,22,26)(H,24,25). The van der Waals surface area contributed by atoms with E-state index in [0.717, 1.165) is 41.0 Å². The summed E-state index contributed by atoms with van der Waals surface area (Å²) in [7, 11) is 0. The smallest absolute Gasteiger partial charge is 0.224 e. The van der Waals surface area contributed by atoms with Crippen molar-refractivity contribution in [2.75, 3.05) is 6.54 Å². The summed E-state index contributed by atoms with van der Waals surface area (Å²) in [5, 5.41) is 11.5. The molecule has 5 nitrogen and oxygen atoms in total. The van der Waals surface area contributed by atoms with E-state index in [2.05, 4.69) is 46.5 Å². The molecule has 5 heteroatoms. The monoisotopic (exact) mass is 352 g/mol. The van der Waals surface area contributed by atoms with Gasteiger partial charge in [-0.05, 0) is 69.7 Å². The van der Waals surface area contributed by atoms with Gasteiger partial charge in [-0.1, -0.05) is 12.1 Å². The second kappa shape index (κ2) is 7.36. The summed E-state index contributed by atoms with van der Waals surface area (Å²) in [4.78, 5) is 15.9. The molecule has 0 spiro atoms. The summed E-state index contributed by atoms with van der Waals surface area (Å²) < 4.78 is 0. The van der Waals surface area contributed by atoms with Crippen molar-refractivity contribution in [2.45, 2.75) is 53.9 Å². The van der Waals surface area contributed by atoms with Crippen LogP contribution in [-0.2, 0) is 17.6 Å². The van der Waals surface area contributed by atoms with Crippen LogP contribution in [-0.4, -0.2) is 27.6 Å². The van der Waals surface area contributed by atoms with Crippen molar-refractivity contribution in [1.82, 2.24) is 20.5 Å². The molecule has 26 heavy (non-hydrogen) atoms. The highest BCUT2D eigenvalue weighted by Crippen LogP contribution is 2.28. The summed E-state index contributed by atoms with van der Waals surface area (Å²) in [5.41, 5.74) is 9.20. The maximum atomic E-state index is 12.5.